The SMILES string of the molecule is Cn1ncc2cc(Cl)nc(CCCCCC(N)c3ccccc3)c21. The van der Waals surface area contributed by atoms with Crippen molar-refractivity contribution in [2.75, 3.05) is 0 Å². The molecular formula is C19H23ClN4. The van der Waals surface area contributed by atoms with E-state index < -0.39 is 0 Å². The first-order valence-electron chi connectivity index (χ1n) is 8.43. The highest BCUT2D eigenvalue weighted by molar-refractivity contribution is 6.30. The molecular weight excluding hydrogens is 320 g/mol. The Labute approximate surface area is 147 Å². The monoisotopic (exact) mass is 342 g/mol. The Morgan fingerprint density at radius 2 is 1.96 bits per heavy atom. The topological polar surface area (TPSA) is 56.7 Å². The average Bonchev–Trinajstić information content (AvgIpc) is 2.96. The van der Waals surface area contributed by atoms with Crippen molar-refractivity contribution < 1.29 is 0 Å². The predicted octanol–water partition coefficient (Wildman–Crippen LogP) is 4.42. The second-order valence-electron chi connectivity index (χ2n) is 6.21. The smallest absolute Gasteiger partial charge is 0.130 e. The zero-order valence-electron chi connectivity index (χ0n) is 14.0. The molecule has 3 rings (SSSR count). The van der Waals surface area contributed by atoms with Gasteiger partial charge in [-0.15, -0.1) is 0 Å². The summed E-state index contributed by atoms with van der Waals surface area (Å²) in [4.78, 5) is 4.49. The molecule has 4 nitrogen and oxygen atoms in total. The van der Waals surface area contributed by atoms with Gasteiger partial charge in [0.05, 0.1) is 17.4 Å². The van der Waals surface area contributed by atoms with Crippen LogP contribution in [0.15, 0.2) is 42.6 Å². The number of nitrogens with zero attached hydrogens (tertiary/aromatic N) is 3. The van der Waals surface area contributed by atoms with Crippen LogP contribution in [0.2, 0.25) is 5.15 Å². The van der Waals surface area contributed by atoms with Gasteiger partial charge in [-0.05, 0) is 30.9 Å². The second kappa shape index (κ2) is 7.77. The summed E-state index contributed by atoms with van der Waals surface area (Å²) >= 11 is 6.12. The summed E-state index contributed by atoms with van der Waals surface area (Å²) in [7, 11) is 1.94. The molecule has 24 heavy (non-hydrogen) atoms. The fourth-order valence-corrected chi connectivity index (χ4v) is 3.35. The number of hydrogen-bond donors (Lipinski definition) is 1. The van der Waals surface area contributed by atoms with Crippen molar-refractivity contribution in [3.05, 3.63) is 59.0 Å². The van der Waals surface area contributed by atoms with E-state index in [0.29, 0.717) is 5.15 Å². The van der Waals surface area contributed by atoms with E-state index >= 15 is 0 Å². The summed E-state index contributed by atoms with van der Waals surface area (Å²) < 4.78 is 1.87. The van der Waals surface area contributed by atoms with E-state index in [0.717, 1.165) is 48.7 Å². The van der Waals surface area contributed by atoms with Gasteiger partial charge >= 0.3 is 0 Å². The third-order valence-corrected chi connectivity index (χ3v) is 4.61. The lowest BCUT2D eigenvalue weighted by atomic mass is 10.0. The van der Waals surface area contributed by atoms with Crippen molar-refractivity contribution in [3.8, 4) is 0 Å². The van der Waals surface area contributed by atoms with E-state index in [9.17, 15) is 0 Å². The lowest BCUT2D eigenvalue weighted by Gasteiger charge is -2.11. The Kier molecular flexibility index (Phi) is 5.48. The van der Waals surface area contributed by atoms with Crippen LogP contribution < -0.4 is 5.73 Å². The maximum atomic E-state index is 6.25. The van der Waals surface area contributed by atoms with Crippen LogP contribution >= 0.6 is 11.6 Å². The van der Waals surface area contributed by atoms with Crippen LogP contribution in [0, 0.1) is 0 Å². The first-order valence-corrected chi connectivity index (χ1v) is 8.80. The molecule has 0 aliphatic rings. The molecule has 2 heterocycles. The van der Waals surface area contributed by atoms with E-state index in [1.807, 2.05) is 42.2 Å². The zero-order chi connectivity index (χ0) is 16.9. The molecule has 1 atom stereocenters. The van der Waals surface area contributed by atoms with Gasteiger partial charge in [-0.1, -0.05) is 54.8 Å². The number of halogens is 1. The van der Waals surface area contributed by atoms with Crippen molar-refractivity contribution in [1.29, 1.82) is 0 Å². The molecule has 1 aromatic carbocycles. The van der Waals surface area contributed by atoms with Gasteiger partial charge in [0.2, 0.25) is 0 Å². The van der Waals surface area contributed by atoms with E-state index in [-0.39, 0.29) is 6.04 Å². The molecule has 0 spiro atoms. The molecule has 1 unspecified atom stereocenters. The lowest BCUT2D eigenvalue weighted by molar-refractivity contribution is 0.568. The molecule has 0 aliphatic heterocycles. The fourth-order valence-electron chi connectivity index (χ4n) is 3.13. The van der Waals surface area contributed by atoms with Crippen LogP contribution in [0.4, 0.5) is 0 Å². The summed E-state index contributed by atoms with van der Waals surface area (Å²) in [5, 5.41) is 5.89. The van der Waals surface area contributed by atoms with E-state index in [1.165, 1.54) is 5.56 Å². The third kappa shape index (κ3) is 3.94. The van der Waals surface area contributed by atoms with Crippen LogP contribution in [-0.2, 0) is 13.5 Å². The van der Waals surface area contributed by atoms with Gasteiger partial charge in [-0.2, -0.15) is 5.10 Å². The Morgan fingerprint density at radius 1 is 1.17 bits per heavy atom. The number of rotatable bonds is 7. The second-order valence-corrected chi connectivity index (χ2v) is 6.60. The molecule has 0 saturated heterocycles. The van der Waals surface area contributed by atoms with Gasteiger partial charge in [0.25, 0.3) is 0 Å². The third-order valence-electron chi connectivity index (χ3n) is 4.41. The molecule has 3 aromatic rings. The molecule has 0 radical (unpaired) electrons. The summed E-state index contributed by atoms with van der Waals surface area (Å²) in [5.74, 6) is 0. The molecule has 0 saturated carbocycles. The van der Waals surface area contributed by atoms with Crippen LogP contribution in [-0.4, -0.2) is 14.8 Å². The molecule has 0 aliphatic carbocycles. The normalized spacial score (nSPS) is 12.6. The highest BCUT2D eigenvalue weighted by Crippen LogP contribution is 2.23. The van der Waals surface area contributed by atoms with Gasteiger partial charge < -0.3 is 5.73 Å². The van der Waals surface area contributed by atoms with Gasteiger partial charge in [0.15, 0.2) is 0 Å². The number of aromatic nitrogens is 3. The molecule has 5 heteroatoms. The summed E-state index contributed by atoms with van der Waals surface area (Å²) in [6.07, 6.45) is 7.09. The number of pyridine rings is 1. The van der Waals surface area contributed by atoms with Gasteiger partial charge in [0.1, 0.15) is 5.15 Å². The van der Waals surface area contributed by atoms with Crippen LogP contribution in [0.25, 0.3) is 10.9 Å². The van der Waals surface area contributed by atoms with Crippen molar-refractivity contribution >= 4 is 22.5 Å². The number of aryl methyl sites for hydroxylation is 2. The quantitative estimate of drug-likeness (QED) is 0.510. The highest BCUT2D eigenvalue weighted by atomic mass is 35.5. The summed E-state index contributed by atoms with van der Waals surface area (Å²) in [6, 6.07) is 12.3. The number of hydrogen-bond acceptors (Lipinski definition) is 3. The van der Waals surface area contributed by atoms with Crippen LogP contribution in [0.3, 0.4) is 0 Å². The largest absolute Gasteiger partial charge is 0.324 e. The molecule has 0 bridgehead atoms. The van der Waals surface area contributed by atoms with E-state index in [1.54, 1.807) is 0 Å². The maximum Gasteiger partial charge on any atom is 0.130 e. The molecule has 2 aromatic heterocycles. The number of benzene rings is 1. The Bertz CT molecular complexity index is 798. The molecule has 0 amide bonds. The van der Waals surface area contributed by atoms with Crippen molar-refractivity contribution in [3.63, 3.8) is 0 Å². The Morgan fingerprint density at radius 3 is 2.75 bits per heavy atom. The minimum Gasteiger partial charge on any atom is -0.324 e. The number of fused-ring (bicyclic) bond motifs is 1. The van der Waals surface area contributed by atoms with Crippen molar-refractivity contribution in [2.45, 2.75) is 38.1 Å². The summed E-state index contributed by atoms with van der Waals surface area (Å²) in [5.41, 5.74) is 9.58. The first-order chi connectivity index (χ1) is 11.6. The van der Waals surface area contributed by atoms with Crippen molar-refractivity contribution in [1.82, 2.24) is 14.8 Å². The van der Waals surface area contributed by atoms with Crippen LogP contribution in [0.5, 0.6) is 0 Å². The van der Waals surface area contributed by atoms with Crippen molar-refractivity contribution in [2.24, 2.45) is 12.8 Å². The number of unbranched alkanes of at least 4 members (excludes halogenated alkanes) is 2. The lowest BCUT2D eigenvalue weighted by Crippen LogP contribution is -2.09. The summed E-state index contributed by atoms with van der Waals surface area (Å²) in [6.45, 7) is 0. The van der Waals surface area contributed by atoms with Gasteiger partial charge in [0, 0.05) is 18.5 Å². The number of nitrogens with two attached hydrogens (primary N) is 1. The van der Waals surface area contributed by atoms with E-state index in [4.69, 9.17) is 17.3 Å². The van der Waals surface area contributed by atoms with E-state index in [2.05, 4.69) is 22.2 Å². The maximum absolute atomic E-state index is 6.25. The molecule has 2 N–H and O–H groups in total. The first kappa shape index (κ1) is 16.9. The fraction of sp³-hybridized carbons (Fsp3) is 0.368. The minimum atomic E-state index is 0.124. The standard InChI is InChI=1S/C19H23ClN4/c1-24-19-15(13-22-24)12-18(20)23-17(19)11-7-3-6-10-16(21)14-8-4-2-5-9-14/h2,4-5,8-9,12-13,16H,3,6-7,10-11,21H2,1H3. The predicted molar refractivity (Wildman–Crippen MR) is 99.1 cm³/mol. The molecule has 0 fully saturated rings. The molecule has 126 valence electrons. The zero-order valence-corrected chi connectivity index (χ0v) is 14.7. The van der Waals surface area contributed by atoms with Gasteiger partial charge in [-0.25, -0.2) is 4.98 Å². The Balaban J connectivity index is 1.51. The Hall–Kier alpha value is -1.91. The minimum absolute atomic E-state index is 0.124. The van der Waals surface area contributed by atoms with Crippen LogP contribution in [0.1, 0.15) is 43.0 Å². The highest BCUT2D eigenvalue weighted by Gasteiger charge is 2.10. The average molecular weight is 343 g/mol. The van der Waals surface area contributed by atoms with Gasteiger partial charge in [-0.3, -0.25) is 4.68 Å².